The molecular formula is C14H20N4O2. The molecule has 1 aliphatic heterocycles. The van der Waals surface area contributed by atoms with Gasteiger partial charge in [-0.25, -0.2) is 4.98 Å². The van der Waals surface area contributed by atoms with Gasteiger partial charge < -0.3 is 16.4 Å². The number of pyridine rings is 1. The van der Waals surface area contributed by atoms with Crippen LogP contribution in [0.3, 0.4) is 0 Å². The van der Waals surface area contributed by atoms with E-state index in [4.69, 9.17) is 5.73 Å². The molecule has 1 saturated heterocycles. The van der Waals surface area contributed by atoms with E-state index in [2.05, 4.69) is 15.6 Å². The normalized spacial score (nSPS) is 18.1. The number of amides is 2. The third-order valence-electron chi connectivity index (χ3n) is 3.31. The highest BCUT2D eigenvalue weighted by atomic mass is 16.2. The van der Waals surface area contributed by atoms with Gasteiger partial charge in [0.1, 0.15) is 5.82 Å². The van der Waals surface area contributed by atoms with Crippen molar-refractivity contribution in [2.45, 2.75) is 38.6 Å². The fourth-order valence-electron chi connectivity index (χ4n) is 2.15. The molecule has 1 aromatic heterocycles. The van der Waals surface area contributed by atoms with Crippen molar-refractivity contribution in [2.24, 2.45) is 0 Å². The first-order valence-electron chi connectivity index (χ1n) is 6.80. The lowest BCUT2D eigenvalue weighted by Crippen LogP contribution is -2.38. The predicted molar refractivity (Wildman–Crippen MR) is 76.2 cm³/mol. The van der Waals surface area contributed by atoms with Gasteiger partial charge in [-0.05, 0) is 24.5 Å². The van der Waals surface area contributed by atoms with Gasteiger partial charge in [0.15, 0.2) is 0 Å². The first kappa shape index (κ1) is 14.3. The molecule has 1 aliphatic rings. The van der Waals surface area contributed by atoms with Crippen LogP contribution in [0.4, 0.5) is 5.82 Å². The molecule has 6 nitrogen and oxygen atoms in total. The number of aromatic nitrogens is 1. The minimum atomic E-state index is -0.192. The molecule has 0 radical (unpaired) electrons. The summed E-state index contributed by atoms with van der Waals surface area (Å²) in [6.45, 7) is 4.43. The van der Waals surface area contributed by atoms with Gasteiger partial charge in [0, 0.05) is 30.3 Å². The third-order valence-corrected chi connectivity index (χ3v) is 3.31. The number of nitrogens with zero attached hydrogens (tertiary/aromatic N) is 1. The highest BCUT2D eigenvalue weighted by molar-refractivity contribution is 5.95. The van der Waals surface area contributed by atoms with Gasteiger partial charge >= 0.3 is 0 Å². The number of carbonyl (C=O) groups excluding carboxylic acids is 2. The Labute approximate surface area is 118 Å². The Hall–Kier alpha value is -2.11. The van der Waals surface area contributed by atoms with Crippen LogP contribution in [-0.4, -0.2) is 29.4 Å². The van der Waals surface area contributed by atoms with Crippen molar-refractivity contribution in [3.63, 3.8) is 0 Å². The number of nitrogen functional groups attached to an aromatic ring is 1. The Morgan fingerprint density at radius 2 is 2.30 bits per heavy atom. The zero-order valence-corrected chi connectivity index (χ0v) is 11.8. The molecule has 6 heteroatoms. The van der Waals surface area contributed by atoms with Crippen LogP contribution in [0, 0.1) is 0 Å². The van der Waals surface area contributed by atoms with Crippen molar-refractivity contribution in [2.75, 3.05) is 12.3 Å². The second-order valence-electron chi connectivity index (χ2n) is 5.37. The van der Waals surface area contributed by atoms with Crippen LogP contribution in [-0.2, 0) is 4.79 Å². The molecule has 2 rings (SSSR count). The molecule has 0 aliphatic carbocycles. The quantitative estimate of drug-likeness (QED) is 0.757. The van der Waals surface area contributed by atoms with Gasteiger partial charge in [0.25, 0.3) is 5.91 Å². The molecule has 2 amide bonds. The molecule has 108 valence electrons. The van der Waals surface area contributed by atoms with Gasteiger partial charge in [-0.15, -0.1) is 0 Å². The summed E-state index contributed by atoms with van der Waals surface area (Å²) >= 11 is 0. The Morgan fingerprint density at radius 3 is 2.90 bits per heavy atom. The molecule has 0 saturated carbocycles. The largest absolute Gasteiger partial charge is 0.384 e. The van der Waals surface area contributed by atoms with E-state index in [0.717, 1.165) is 12.1 Å². The first-order valence-corrected chi connectivity index (χ1v) is 6.80. The van der Waals surface area contributed by atoms with E-state index >= 15 is 0 Å². The number of hydrogen-bond acceptors (Lipinski definition) is 4. The van der Waals surface area contributed by atoms with Crippen LogP contribution >= 0.6 is 0 Å². The fourth-order valence-corrected chi connectivity index (χ4v) is 2.15. The second-order valence-corrected chi connectivity index (χ2v) is 5.37. The Balaban J connectivity index is 2.00. The van der Waals surface area contributed by atoms with Gasteiger partial charge in [0.05, 0.1) is 0 Å². The Kier molecular flexibility index (Phi) is 4.22. The van der Waals surface area contributed by atoms with E-state index in [0.29, 0.717) is 24.3 Å². The molecule has 0 spiro atoms. The van der Waals surface area contributed by atoms with E-state index in [1.807, 2.05) is 13.8 Å². The summed E-state index contributed by atoms with van der Waals surface area (Å²) in [5, 5.41) is 5.63. The standard InChI is InChI=1S/C14H20N4O2/c1-8(2)11-5-9(6-12(15)18-11)14(20)16-7-10-3-4-13(19)17-10/h5-6,8,10H,3-4,7H2,1-2H3,(H2,15,18)(H,16,20)(H,17,19). The number of nitrogens with two attached hydrogens (primary N) is 1. The van der Waals surface area contributed by atoms with Crippen molar-refractivity contribution in [1.29, 1.82) is 0 Å². The molecule has 1 aromatic rings. The molecule has 1 fully saturated rings. The fraction of sp³-hybridized carbons (Fsp3) is 0.500. The van der Waals surface area contributed by atoms with Crippen LogP contribution in [0.1, 0.15) is 48.7 Å². The molecule has 4 N–H and O–H groups in total. The lowest BCUT2D eigenvalue weighted by Gasteiger charge is -2.13. The Morgan fingerprint density at radius 1 is 1.55 bits per heavy atom. The lowest BCUT2D eigenvalue weighted by molar-refractivity contribution is -0.119. The van der Waals surface area contributed by atoms with Gasteiger partial charge in [-0.2, -0.15) is 0 Å². The summed E-state index contributed by atoms with van der Waals surface area (Å²) in [4.78, 5) is 27.4. The number of anilines is 1. The topological polar surface area (TPSA) is 97.1 Å². The zero-order chi connectivity index (χ0) is 14.7. The number of hydrogen-bond donors (Lipinski definition) is 3. The minimum Gasteiger partial charge on any atom is -0.384 e. The number of rotatable bonds is 4. The lowest BCUT2D eigenvalue weighted by atomic mass is 10.1. The summed E-state index contributed by atoms with van der Waals surface area (Å²) in [7, 11) is 0. The van der Waals surface area contributed by atoms with Crippen molar-refractivity contribution < 1.29 is 9.59 Å². The average molecular weight is 276 g/mol. The smallest absolute Gasteiger partial charge is 0.251 e. The first-order chi connectivity index (χ1) is 9.45. The molecule has 2 heterocycles. The van der Waals surface area contributed by atoms with Crippen molar-refractivity contribution in [1.82, 2.24) is 15.6 Å². The van der Waals surface area contributed by atoms with Crippen molar-refractivity contribution in [3.8, 4) is 0 Å². The molecule has 0 bridgehead atoms. The van der Waals surface area contributed by atoms with Crippen molar-refractivity contribution in [3.05, 3.63) is 23.4 Å². The van der Waals surface area contributed by atoms with Crippen molar-refractivity contribution >= 4 is 17.6 Å². The van der Waals surface area contributed by atoms with E-state index in [1.165, 1.54) is 0 Å². The molecule has 0 aromatic carbocycles. The summed E-state index contributed by atoms with van der Waals surface area (Å²) in [5.74, 6) is 0.399. The maximum atomic E-state index is 12.1. The highest BCUT2D eigenvalue weighted by Crippen LogP contribution is 2.16. The van der Waals surface area contributed by atoms with Crippen LogP contribution < -0.4 is 16.4 Å². The van der Waals surface area contributed by atoms with Gasteiger partial charge in [0.2, 0.25) is 5.91 Å². The van der Waals surface area contributed by atoms with Crippen LogP contribution in [0.15, 0.2) is 12.1 Å². The SMILES string of the molecule is CC(C)c1cc(C(=O)NCC2CCC(=O)N2)cc(N)n1. The maximum absolute atomic E-state index is 12.1. The maximum Gasteiger partial charge on any atom is 0.251 e. The van der Waals surface area contributed by atoms with Crippen LogP contribution in [0.25, 0.3) is 0 Å². The highest BCUT2D eigenvalue weighted by Gasteiger charge is 2.21. The minimum absolute atomic E-state index is 0.0233. The van der Waals surface area contributed by atoms with Crippen LogP contribution in [0.5, 0.6) is 0 Å². The Bertz CT molecular complexity index is 528. The second kappa shape index (κ2) is 5.90. The van der Waals surface area contributed by atoms with E-state index < -0.39 is 0 Å². The van der Waals surface area contributed by atoms with E-state index in [-0.39, 0.29) is 23.8 Å². The molecule has 1 unspecified atom stereocenters. The van der Waals surface area contributed by atoms with Crippen LogP contribution in [0.2, 0.25) is 0 Å². The van der Waals surface area contributed by atoms with Gasteiger partial charge in [-0.3, -0.25) is 9.59 Å². The monoisotopic (exact) mass is 276 g/mol. The molecular weight excluding hydrogens is 256 g/mol. The predicted octanol–water partition coefficient (Wildman–Crippen LogP) is 0.796. The van der Waals surface area contributed by atoms with Gasteiger partial charge in [-0.1, -0.05) is 13.8 Å². The molecule has 20 heavy (non-hydrogen) atoms. The van der Waals surface area contributed by atoms with E-state index in [1.54, 1.807) is 12.1 Å². The van der Waals surface area contributed by atoms with E-state index in [9.17, 15) is 9.59 Å². The summed E-state index contributed by atoms with van der Waals surface area (Å²) in [6.07, 6.45) is 1.29. The number of carbonyl (C=O) groups is 2. The third kappa shape index (κ3) is 3.46. The summed E-state index contributed by atoms with van der Waals surface area (Å²) < 4.78 is 0. The zero-order valence-electron chi connectivity index (χ0n) is 11.8. The molecule has 1 atom stereocenters. The average Bonchev–Trinajstić information content (AvgIpc) is 2.81. The number of nitrogens with one attached hydrogen (secondary N) is 2. The summed E-state index contributed by atoms with van der Waals surface area (Å²) in [5.41, 5.74) is 7.02. The summed E-state index contributed by atoms with van der Waals surface area (Å²) in [6, 6.07) is 3.34.